The molecule has 2 amide bonds. The Balaban J connectivity index is 2.15. The Hall–Kier alpha value is -2.90. The maximum atomic E-state index is 12.1. The molecule has 1 atom stereocenters. The third-order valence-electron chi connectivity index (χ3n) is 3.53. The van der Waals surface area contributed by atoms with Crippen LogP contribution in [0.4, 0.5) is 10.5 Å². The number of hydrogen-bond acceptors (Lipinski definition) is 6. The Kier molecular flexibility index (Phi) is 5.51. The lowest BCUT2D eigenvalue weighted by atomic mass is 10.1. The van der Waals surface area contributed by atoms with Gasteiger partial charge in [-0.15, -0.1) is 0 Å². The van der Waals surface area contributed by atoms with Gasteiger partial charge in [-0.25, -0.2) is 4.79 Å². The average Bonchev–Trinajstić information content (AvgIpc) is 2.97. The van der Waals surface area contributed by atoms with Gasteiger partial charge in [-0.1, -0.05) is 5.16 Å². The number of aromatic nitrogens is 1. The van der Waals surface area contributed by atoms with E-state index in [0.29, 0.717) is 28.6 Å². The van der Waals surface area contributed by atoms with Crippen LogP contribution in [0.5, 0.6) is 17.2 Å². The fourth-order valence-electron chi connectivity index (χ4n) is 2.20. The van der Waals surface area contributed by atoms with E-state index in [-0.39, 0.29) is 12.1 Å². The standard InChI is InChI=1S/C16H21N3O5/c1-9(17-16(20)18-12-8-24-19-10(12)2)11-6-13(21-3)15(23-5)14(7-11)22-4/h6-9H,1-5H3,(H2,17,18,20). The van der Waals surface area contributed by atoms with Crippen molar-refractivity contribution < 1.29 is 23.5 Å². The van der Waals surface area contributed by atoms with Crippen LogP contribution >= 0.6 is 0 Å². The fraction of sp³-hybridized carbons (Fsp3) is 0.375. The molecule has 8 heteroatoms. The molecule has 0 bridgehead atoms. The molecule has 0 saturated heterocycles. The van der Waals surface area contributed by atoms with E-state index in [2.05, 4.69) is 15.8 Å². The molecule has 2 N–H and O–H groups in total. The van der Waals surface area contributed by atoms with Crippen LogP contribution in [-0.2, 0) is 0 Å². The number of urea groups is 1. The van der Waals surface area contributed by atoms with E-state index >= 15 is 0 Å². The normalized spacial score (nSPS) is 11.5. The summed E-state index contributed by atoms with van der Waals surface area (Å²) in [7, 11) is 4.62. The van der Waals surface area contributed by atoms with Crippen LogP contribution in [0.15, 0.2) is 22.9 Å². The molecule has 2 rings (SSSR count). The number of anilines is 1. The molecule has 0 aliphatic heterocycles. The first-order valence-electron chi connectivity index (χ1n) is 7.28. The maximum Gasteiger partial charge on any atom is 0.319 e. The van der Waals surface area contributed by atoms with Gasteiger partial charge in [0.2, 0.25) is 5.75 Å². The van der Waals surface area contributed by atoms with Gasteiger partial charge in [-0.05, 0) is 31.5 Å². The lowest BCUT2D eigenvalue weighted by Gasteiger charge is -2.19. The number of amides is 2. The molecule has 0 fully saturated rings. The molecule has 1 aromatic carbocycles. The molecular weight excluding hydrogens is 314 g/mol. The smallest absolute Gasteiger partial charge is 0.319 e. The summed E-state index contributed by atoms with van der Waals surface area (Å²) in [5.41, 5.74) is 1.93. The summed E-state index contributed by atoms with van der Waals surface area (Å²) in [6, 6.07) is 2.91. The molecule has 1 aromatic heterocycles. The third kappa shape index (κ3) is 3.70. The molecule has 130 valence electrons. The number of carbonyl (C=O) groups excluding carboxylic acids is 1. The predicted octanol–water partition coefficient (Wildman–Crippen LogP) is 2.89. The zero-order valence-electron chi connectivity index (χ0n) is 14.3. The maximum absolute atomic E-state index is 12.1. The number of nitrogens with one attached hydrogen (secondary N) is 2. The third-order valence-corrected chi connectivity index (χ3v) is 3.53. The highest BCUT2D eigenvalue weighted by atomic mass is 16.5. The van der Waals surface area contributed by atoms with Gasteiger partial charge in [0.1, 0.15) is 17.6 Å². The summed E-state index contributed by atoms with van der Waals surface area (Å²) in [4.78, 5) is 12.1. The minimum absolute atomic E-state index is 0.293. The molecular formula is C16H21N3O5. The molecule has 0 aliphatic carbocycles. The Morgan fingerprint density at radius 2 is 1.79 bits per heavy atom. The molecule has 0 aliphatic rings. The Labute approximate surface area is 140 Å². The molecule has 0 saturated carbocycles. The summed E-state index contributed by atoms with van der Waals surface area (Å²) >= 11 is 0. The molecule has 0 spiro atoms. The number of hydrogen-bond donors (Lipinski definition) is 2. The van der Waals surface area contributed by atoms with Crippen molar-refractivity contribution in [1.82, 2.24) is 10.5 Å². The van der Waals surface area contributed by atoms with Crippen LogP contribution in [0.2, 0.25) is 0 Å². The second kappa shape index (κ2) is 7.58. The minimum Gasteiger partial charge on any atom is -0.493 e. The van der Waals surface area contributed by atoms with Crippen LogP contribution < -0.4 is 24.8 Å². The second-order valence-corrected chi connectivity index (χ2v) is 5.09. The number of benzene rings is 1. The highest BCUT2D eigenvalue weighted by molar-refractivity contribution is 5.89. The SMILES string of the molecule is COc1cc(C(C)NC(=O)Nc2conc2C)cc(OC)c1OC. The quantitative estimate of drug-likeness (QED) is 0.843. The average molecular weight is 335 g/mol. The summed E-state index contributed by atoms with van der Waals surface area (Å²) < 4.78 is 20.7. The fourth-order valence-corrected chi connectivity index (χ4v) is 2.20. The first kappa shape index (κ1) is 17.5. The molecule has 1 heterocycles. The van der Waals surface area contributed by atoms with Crippen LogP contribution in [0.1, 0.15) is 24.2 Å². The zero-order valence-corrected chi connectivity index (χ0v) is 14.3. The van der Waals surface area contributed by atoms with Gasteiger partial charge in [-0.3, -0.25) is 0 Å². The number of carbonyl (C=O) groups is 1. The van der Waals surface area contributed by atoms with Crippen molar-refractivity contribution in [3.63, 3.8) is 0 Å². The van der Waals surface area contributed by atoms with Gasteiger partial charge in [0.25, 0.3) is 0 Å². The lowest BCUT2D eigenvalue weighted by molar-refractivity contribution is 0.249. The van der Waals surface area contributed by atoms with E-state index in [4.69, 9.17) is 18.7 Å². The van der Waals surface area contributed by atoms with Crippen LogP contribution in [0.3, 0.4) is 0 Å². The lowest BCUT2D eigenvalue weighted by Crippen LogP contribution is -2.31. The van der Waals surface area contributed by atoms with E-state index in [1.165, 1.54) is 13.4 Å². The van der Waals surface area contributed by atoms with Crippen molar-refractivity contribution in [3.8, 4) is 17.2 Å². The summed E-state index contributed by atoms with van der Waals surface area (Å²) in [5, 5.41) is 9.21. The van der Waals surface area contributed by atoms with E-state index in [9.17, 15) is 4.79 Å². The largest absolute Gasteiger partial charge is 0.493 e. The first-order valence-corrected chi connectivity index (χ1v) is 7.28. The zero-order chi connectivity index (χ0) is 17.7. The second-order valence-electron chi connectivity index (χ2n) is 5.09. The van der Waals surface area contributed by atoms with Crippen LogP contribution in [-0.4, -0.2) is 32.5 Å². The number of ether oxygens (including phenoxy) is 3. The van der Waals surface area contributed by atoms with E-state index in [1.54, 1.807) is 33.3 Å². The number of aryl methyl sites for hydroxylation is 1. The Morgan fingerprint density at radius 1 is 1.17 bits per heavy atom. The van der Waals surface area contributed by atoms with Crippen molar-refractivity contribution in [2.75, 3.05) is 26.6 Å². The molecule has 0 radical (unpaired) electrons. The van der Waals surface area contributed by atoms with Gasteiger partial charge in [0, 0.05) is 0 Å². The van der Waals surface area contributed by atoms with Gasteiger partial charge >= 0.3 is 6.03 Å². The highest BCUT2D eigenvalue weighted by Crippen LogP contribution is 2.39. The Morgan fingerprint density at radius 3 is 2.25 bits per heavy atom. The summed E-state index contributed by atoms with van der Waals surface area (Å²) in [6.45, 7) is 3.59. The number of nitrogens with zero attached hydrogens (tertiary/aromatic N) is 1. The van der Waals surface area contributed by atoms with Gasteiger partial charge < -0.3 is 29.4 Å². The van der Waals surface area contributed by atoms with E-state index in [0.717, 1.165) is 5.56 Å². The van der Waals surface area contributed by atoms with E-state index in [1.807, 2.05) is 6.92 Å². The van der Waals surface area contributed by atoms with Gasteiger partial charge in [0.15, 0.2) is 11.5 Å². The highest BCUT2D eigenvalue weighted by Gasteiger charge is 2.18. The van der Waals surface area contributed by atoms with Crippen molar-refractivity contribution >= 4 is 11.7 Å². The topological polar surface area (TPSA) is 94.9 Å². The van der Waals surface area contributed by atoms with E-state index < -0.39 is 0 Å². The molecule has 8 nitrogen and oxygen atoms in total. The predicted molar refractivity (Wildman–Crippen MR) is 87.9 cm³/mol. The minimum atomic E-state index is -0.373. The Bertz CT molecular complexity index is 688. The van der Waals surface area contributed by atoms with Crippen LogP contribution in [0, 0.1) is 6.92 Å². The number of methoxy groups -OCH3 is 3. The van der Waals surface area contributed by atoms with Crippen molar-refractivity contribution in [3.05, 3.63) is 29.7 Å². The molecule has 1 unspecified atom stereocenters. The van der Waals surface area contributed by atoms with Gasteiger partial charge in [0.05, 0.1) is 27.4 Å². The summed E-state index contributed by atoms with van der Waals surface area (Å²) in [5.74, 6) is 1.55. The van der Waals surface area contributed by atoms with Crippen LogP contribution in [0.25, 0.3) is 0 Å². The summed E-state index contributed by atoms with van der Waals surface area (Å²) in [6.07, 6.45) is 1.37. The monoisotopic (exact) mass is 335 g/mol. The molecule has 2 aromatic rings. The molecule has 24 heavy (non-hydrogen) atoms. The van der Waals surface area contributed by atoms with Crippen molar-refractivity contribution in [1.29, 1.82) is 0 Å². The van der Waals surface area contributed by atoms with Crippen molar-refractivity contribution in [2.24, 2.45) is 0 Å². The first-order chi connectivity index (χ1) is 11.5. The van der Waals surface area contributed by atoms with Crippen molar-refractivity contribution in [2.45, 2.75) is 19.9 Å². The van der Waals surface area contributed by atoms with Gasteiger partial charge in [-0.2, -0.15) is 0 Å². The number of rotatable bonds is 6.